The molecule has 148 valence electrons. The smallest absolute Gasteiger partial charge is 0.261 e. The molecule has 28 heavy (non-hydrogen) atoms. The van der Waals surface area contributed by atoms with Crippen LogP contribution in [0.5, 0.6) is 0 Å². The van der Waals surface area contributed by atoms with Crippen LogP contribution in [0.3, 0.4) is 0 Å². The molecule has 1 spiro atoms. The molecule has 0 bridgehead atoms. The SMILES string of the molecule is O=C(NC1CCCC1)c1cc2c(s1)C1(CCN(c3ncccn3)CC1)OCC2. The van der Waals surface area contributed by atoms with Crippen molar-refractivity contribution < 1.29 is 9.53 Å². The zero-order valence-corrected chi connectivity index (χ0v) is 16.8. The van der Waals surface area contributed by atoms with Crippen molar-refractivity contribution in [3.05, 3.63) is 39.8 Å². The summed E-state index contributed by atoms with van der Waals surface area (Å²) in [5, 5.41) is 3.23. The van der Waals surface area contributed by atoms with E-state index in [2.05, 4.69) is 26.3 Å². The molecule has 0 atom stereocenters. The van der Waals surface area contributed by atoms with Gasteiger partial charge in [0, 0.05) is 36.4 Å². The average Bonchev–Trinajstić information content (AvgIpc) is 3.40. The van der Waals surface area contributed by atoms with Crippen LogP contribution >= 0.6 is 11.3 Å². The number of anilines is 1. The summed E-state index contributed by atoms with van der Waals surface area (Å²) in [5.41, 5.74) is 1.05. The number of piperidine rings is 1. The highest BCUT2D eigenvalue weighted by atomic mass is 32.1. The third-order valence-electron chi connectivity index (χ3n) is 6.29. The van der Waals surface area contributed by atoms with Crippen molar-refractivity contribution in [2.45, 2.75) is 56.6 Å². The van der Waals surface area contributed by atoms with Crippen LogP contribution in [0.15, 0.2) is 24.5 Å². The summed E-state index contributed by atoms with van der Waals surface area (Å²) >= 11 is 1.64. The lowest BCUT2D eigenvalue weighted by Crippen LogP contribution is -2.46. The van der Waals surface area contributed by atoms with E-state index in [9.17, 15) is 4.79 Å². The molecular weight excluding hydrogens is 372 g/mol. The zero-order chi connectivity index (χ0) is 19.0. The molecule has 2 aliphatic heterocycles. The highest BCUT2D eigenvalue weighted by molar-refractivity contribution is 7.14. The Morgan fingerprint density at radius 1 is 1.21 bits per heavy atom. The molecule has 6 nitrogen and oxygen atoms in total. The van der Waals surface area contributed by atoms with Gasteiger partial charge in [-0.2, -0.15) is 0 Å². The van der Waals surface area contributed by atoms with Crippen LogP contribution in [-0.2, 0) is 16.8 Å². The van der Waals surface area contributed by atoms with Gasteiger partial charge in [-0.3, -0.25) is 4.79 Å². The average molecular weight is 399 g/mol. The Morgan fingerprint density at radius 2 is 1.96 bits per heavy atom. The Kier molecular flexibility index (Phi) is 4.80. The molecular formula is C21H26N4O2S. The van der Waals surface area contributed by atoms with Crippen LogP contribution in [0.25, 0.3) is 0 Å². The summed E-state index contributed by atoms with van der Waals surface area (Å²) in [6.45, 7) is 2.46. The van der Waals surface area contributed by atoms with Gasteiger partial charge >= 0.3 is 0 Å². The van der Waals surface area contributed by atoms with E-state index < -0.39 is 0 Å². The lowest BCUT2D eigenvalue weighted by Gasteiger charge is -2.43. The summed E-state index contributed by atoms with van der Waals surface area (Å²) in [5.74, 6) is 0.882. The summed E-state index contributed by atoms with van der Waals surface area (Å²) in [6, 6.07) is 4.31. The molecule has 4 heterocycles. The van der Waals surface area contributed by atoms with Gasteiger partial charge in [-0.25, -0.2) is 9.97 Å². The summed E-state index contributed by atoms with van der Waals surface area (Å²) in [6.07, 6.45) is 11.0. The number of rotatable bonds is 3. The van der Waals surface area contributed by atoms with E-state index in [1.54, 1.807) is 23.7 Å². The van der Waals surface area contributed by atoms with Crippen LogP contribution in [0.1, 0.15) is 58.6 Å². The topological polar surface area (TPSA) is 67.4 Å². The molecule has 2 aromatic heterocycles. The molecule has 1 N–H and O–H groups in total. The Labute approximate surface area is 169 Å². The third kappa shape index (κ3) is 3.31. The predicted octanol–water partition coefficient (Wildman–Crippen LogP) is 3.28. The number of fused-ring (bicyclic) bond motifs is 2. The molecule has 1 aliphatic carbocycles. The van der Waals surface area contributed by atoms with Crippen molar-refractivity contribution >= 4 is 23.2 Å². The lowest BCUT2D eigenvalue weighted by atomic mass is 9.85. The maximum absolute atomic E-state index is 12.8. The van der Waals surface area contributed by atoms with E-state index >= 15 is 0 Å². The largest absolute Gasteiger partial charge is 0.369 e. The quantitative estimate of drug-likeness (QED) is 0.859. The number of ether oxygens (including phenoxy) is 1. The highest BCUT2D eigenvalue weighted by Crippen LogP contribution is 2.45. The van der Waals surface area contributed by atoms with E-state index in [1.165, 1.54) is 23.3 Å². The molecule has 3 aliphatic rings. The monoisotopic (exact) mass is 398 g/mol. The number of aromatic nitrogens is 2. The molecule has 2 fully saturated rings. The first-order valence-corrected chi connectivity index (χ1v) is 11.2. The molecule has 0 aromatic carbocycles. The predicted molar refractivity (Wildman–Crippen MR) is 109 cm³/mol. The number of thiophene rings is 1. The van der Waals surface area contributed by atoms with Crippen molar-refractivity contribution in [3.63, 3.8) is 0 Å². The van der Waals surface area contributed by atoms with Crippen LogP contribution in [0.4, 0.5) is 5.95 Å². The molecule has 2 aromatic rings. The highest BCUT2D eigenvalue weighted by Gasteiger charge is 2.43. The van der Waals surface area contributed by atoms with Crippen molar-refractivity contribution in [2.24, 2.45) is 0 Å². The second-order valence-corrected chi connectivity index (χ2v) is 9.10. The summed E-state index contributed by atoms with van der Waals surface area (Å²) < 4.78 is 6.35. The van der Waals surface area contributed by atoms with Crippen LogP contribution in [-0.4, -0.2) is 41.6 Å². The van der Waals surface area contributed by atoms with E-state index in [-0.39, 0.29) is 11.5 Å². The van der Waals surface area contributed by atoms with Crippen molar-refractivity contribution in [1.82, 2.24) is 15.3 Å². The van der Waals surface area contributed by atoms with Gasteiger partial charge in [-0.1, -0.05) is 12.8 Å². The molecule has 5 rings (SSSR count). The van der Waals surface area contributed by atoms with Crippen molar-refractivity contribution in [2.75, 3.05) is 24.6 Å². The lowest BCUT2D eigenvalue weighted by molar-refractivity contribution is -0.0736. The van der Waals surface area contributed by atoms with Crippen molar-refractivity contribution in [3.8, 4) is 0 Å². The summed E-state index contributed by atoms with van der Waals surface area (Å²) in [4.78, 5) is 25.9. The van der Waals surface area contributed by atoms with Crippen LogP contribution < -0.4 is 10.2 Å². The second kappa shape index (κ2) is 7.44. The normalized spacial score (nSPS) is 21.6. The van der Waals surface area contributed by atoms with Crippen molar-refractivity contribution in [1.29, 1.82) is 0 Å². The molecule has 0 radical (unpaired) electrons. The first-order valence-electron chi connectivity index (χ1n) is 10.3. The van der Waals surface area contributed by atoms with Gasteiger partial charge in [0.05, 0.1) is 11.5 Å². The Hall–Kier alpha value is -1.99. The first-order chi connectivity index (χ1) is 13.7. The van der Waals surface area contributed by atoms with Gasteiger partial charge in [-0.15, -0.1) is 11.3 Å². The number of carbonyl (C=O) groups is 1. The number of amides is 1. The third-order valence-corrected chi connectivity index (χ3v) is 7.65. The van der Waals surface area contributed by atoms with E-state index in [4.69, 9.17) is 4.74 Å². The molecule has 7 heteroatoms. The minimum absolute atomic E-state index is 0.0940. The van der Waals surface area contributed by atoms with Crippen LogP contribution in [0.2, 0.25) is 0 Å². The number of nitrogens with zero attached hydrogens (tertiary/aromatic N) is 3. The maximum Gasteiger partial charge on any atom is 0.261 e. The Balaban J connectivity index is 1.33. The number of carbonyl (C=O) groups excluding carboxylic acids is 1. The van der Waals surface area contributed by atoms with Gasteiger partial charge in [0.15, 0.2) is 0 Å². The molecule has 1 amide bonds. The van der Waals surface area contributed by atoms with E-state index in [0.29, 0.717) is 6.04 Å². The number of nitrogens with one attached hydrogen (secondary N) is 1. The number of hydrogen-bond acceptors (Lipinski definition) is 6. The first kappa shape index (κ1) is 18.1. The molecule has 0 unspecified atom stereocenters. The Bertz CT molecular complexity index is 839. The summed E-state index contributed by atoms with van der Waals surface area (Å²) in [7, 11) is 0. The fraction of sp³-hybridized carbons (Fsp3) is 0.571. The molecule has 1 saturated carbocycles. The van der Waals surface area contributed by atoms with Gasteiger partial charge in [0.25, 0.3) is 5.91 Å². The van der Waals surface area contributed by atoms with Gasteiger partial charge in [0.1, 0.15) is 5.60 Å². The Morgan fingerprint density at radius 3 is 2.71 bits per heavy atom. The fourth-order valence-corrected chi connectivity index (χ4v) is 6.07. The molecule has 1 saturated heterocycles. The maximum atomic E-state index is 12.8. The minimum Gasteiger partial charge on any atom is -0.369 e. The second-order valence-electron chi connectivity index (χ2n) is 8.05. The van der Waals surface area contributed by atoms with E-state index in [1.807, 2.05) is 6.07 Å². The van der Waals surface area contributed by atoms with Gasteiger partial charge in [-0.05, 0) is 49.8 Å². The standard InChI is InChI=1S/C21H26N4O2S/c26-19(24-16-4-1-2-5-16)17-14-15-6-13-27-21(18(15)28-17)7-11-25(12-8-21)20-22-9-3-10-23-20/h3,9-10,14,16H,1-2,4-8,11-13H2,(H,24,26). The fourth-order valence-electron chi connectivity index (χ4n) is 4.75. The minimum atomic E-state index is -0.255. The van der Waals surface area contributed by atoms with Gasteiger partial charge < -0.3 is 15.0 Å². The van der Waals surface area contributed by atoms with Gasteiger partial charge in [0.2, 0.25) is 5.95 Å². The zero-order valence-electron chi connectivity index (χ0n) is 16.0. The van der Waals surface area contributed by atoms with Crippen LogP contribution in [0, 0.1) is 0 Å². The number of hydrogen-bond donors (Lipinski definition) is 1. The van der Waals surface area contributed by atoms with E-state index in [0.717, 1.165) is 62.6 Å².